The molecule has 0 bridgehead atoms. The van der Waals surface area contributed by atoms with Crippen molar-refractivity contribution in [3.8, 4) is 0 Å². The molecule has 18 heavy (non-hydrogen) atoms. The summed E-state index contributed by atoms with van der Waals surface area (Å²) in [5.74, 6) is -0.864. The van der Waals surface area contributed by atoms with Crippen molar-refractivity contribution in [2.45, 2.75) is 24.6 Å². The number of aliphatic hydroxyl groups is 1. The van der Waals surface area contributed by atoms with Crippen LogP contribution in [0.3, 0.4) is 0 Å². The lowest BCUT2D eigenvalue weighted by Gasteiger charge is -2.22. The van der Waals surface area contributed by atoms with E-state index >= 15 is 0 Å². The number of halogens is 1. The highest BCUT2D eigenvalue weighted by Crippen LogP contribution is 2.23. The Bertz CT molecular complexity index is 518. The highest BCUT2D eigenvalue weighted by Gasteiger charge is 2.33. The van der Waals surface area contributed by atoms with E-state index in [9.17, 15) is 12.8 Å². The summed E-state index contributed by atoms with van der Waals surface area (Å²) in [6.07, 6.45) is 1.40. The van der Waals surface area contributed by atoms with E-state index < -0.39 is 15.8 Å². The van der Waals surface area contributed by atoms with E-state index in [1.165, 1.54) is 22.5 Å². The van der Waals surface area contributed by atoms with Crippen LogP contribution < -0.4 is 0 Å². The summed E-state index contributed by atoms with van der Waals surface area (Å²) >= 11 is 0. The van der Waals surface area contributed by atoms with Crippen LogP contribution in [0.2, 0.25) is 0 Å². The van der Waals surface area contributed by atoms with E-state index in [0.717, 1.165) is 6.42 Å². The van der Waals surface area contributed by atoms with Gasteiger partial charge in [0.25, 0.3) is 0 Å². The molecule has 0 spiro atoms. The van der Waals surface area contributed by atoms with Crippen molar-refractivity contribution in [1.82, 2.24) is 4.31 Å². The number of nitrogens with zero attached hydrogens (tertiary/aromatic N) is 1. The summed E-state index contributed by atoms with van der Waals surface area (Å²) in [6.45, 7) is 0.221. The summed E-state index contributed by atoms with van der Waals surface area (Å²) in [5, 5.41) is 9.14. The molecule has 0 unspecified atom stereocenters. The first kappa shape index (κ1) is 13.5. The van der Waals surface area contributed by atoms with Crippen LogP contribution >= 0.6 is 0 Å². The Morgan fingerprint density at radius 1 is 1.39 bits per heavy atom. The van der Waals surface area contributed by atoms with Gasteiger partial charge in [0.1, 0.15) is 5.82 Å². The van der Waals surface area contributed by atoms with E-state index in [2.05, 4.69) is 0 Å². The second-order valence-electron chi connectivity index (χ2n) is 4.44. The Kier molecular flexibility index (Phi) is 3.99. The molecule has 0 aliphatic carbocycles. The van der Waals surface area contributed by atoms with E-state index in [4.69, 9.17) is 5.11 Å². The first-order chi connectivity index (χ1) is 8.54. The van der Waals surface area contributed by atoms with Crippen LogP contribution in [-0.4, -0.2) is 37.0 Å². The number of rotatable bonds is 4. The van der Waals surface area contributed by atoms with Crippen LogP contribution in [0, 0.1) is 5.82 Å². The molecule has 1 aromatic carbocycles. The van der Waals surface area contributed by atoms with Crippen molar-refractivity contribution in [3.05, 3.63) is 35.6 Å². The lowest BCUT2D eigenvalue weighted by Crippen LogP contribution is -2.38. The van der Waals surface area contributed by atoms with Gasteiger partial charge in [-0.1, -0.05) is 18.2 Å². The topological polar surface area (TPSA) is 57.6 Å². The van der Waals surface area contributed by atoms with Gasteiger partial charge in [-0.2, -0.15) is 4.31 Å². The molecule has 1 saturated heterocycles. The Labute approximate surface area is 106 Å². The van der Waals surface area contributed by atoms with Crippen LogP contribution in [0.4, 0.5) is 4.39 Å². The highest BCUT2D eigenvalue weighted by atomic mass is 32.2. The third kappa shape index (κ3) is 2.71. The zero-order chi connectivity index (χ0) is 13.2. The minimum atomic E-state index is -3.56. The van der Waals surface area contributed by atoms with Gasteiger partial charge in [0.2, 0.25) is 10.0 Å². The lowest BCUT2D eigenvalue weighted by molar-refractivity contribution is 0.213. The average Bonchev–Trinajstić information content (AvgIpc) is 2.81. The van der Waals surface area contributed by atoms with Gasteiger partial charge in [-0.05, 0) is 18.9 Å². The molecule has 6 heteroatoms. The van der Waals surface area contributed by atoms with Crippen molar-refractivity contribution >= 4 is 10.0 Å². The Morgan fingerprint density at radius 2 is 2.11 bits per heavy atom. The van der Waals surface area contributed by atoms with Crippen LogP contribution in [0.1, 0.15) is 18.4 Å². The predicted molar refractivity (Wildman–Crippen MR) is 65.8 cm³/mol. The molecule has 0 radical (unpaired) electrons. The molecule has 1 aliphatic rings. The standard InChI is InChI=1S/C12H16FNO3S/c13-12-6-2-1-4-10(12)9-18(16,17)14-7-3-5-11(14)8-15/h1-2,4,6,11,15H,3,5,7-9H2/t11-/m0/s1. The first-order valence-corrected chi connectivity index (χ1v) is 7.49. The second-order valence-corrected chi connectivity index (χ2v) is 6.36. The van der Waals surface area contributed by atoms with E-state index in [-0.39, 0.29) is 24.0 Å². The molecule has 0 saturated carbocycles. The number of benzene rings is 1. The number of aliphatic hydroxyl groups excluding tert-OH is 1. The normalized spacial score (nSPS) is 21.3. The fourth-order valence-corrected chi connectivity index (χ4v) is 4.08. The summed E-state index contributed by atoms with van der Waals surface area (Å²) in [5.41, 5.74) is 0.168. The maximum absolute atomic E-state index is 13.5. The SMILES string of the molecule is O=S(=O)(Cc1ccccc1F)N1CCC[C@H]1CO. The van der Waals surface area contributed by atoms with Gasteiger partial charge in [0.15, 0.2) is 0 Å². The lowest BCUT2D eigenvalue weighted by atomic mass is 10.2. The van der Waals surface area contributed by atoms with Gasteiger partial charge in [0, 0.05) is 18.2 Å². The van der Waals surface area contributed by atoms with Gasteiger partial charge in [-0.25, -0.2) is 12.8 Å². The minimum Gasteiger partial charge on any atom is -0.395 e. The van der Waals surface area contributed by atoms with Crippen LogP contribution in [0.5, 0.6) is 0 Å². The minimum absolute atomic E-state index is 0.168. The van der Waals surface area contributed by atoms with Crippen molar-refractivity contribution in [2.24, 2.45) is 0 Å². The number of hydrogen-bond acceptors (Lipinski definition) is 3. The molecular formula is C12H16FNO3S. The highest BCUT2D eigenvalue weighted by molar-refractivity contribution is 7.88. The van der Waals surface area contributed by atoms with E-state index in [1.807, 2.05) is 0 Å². The molecular weight excluding hydrogens is 257 g/mol. The molecule has 100 valence electrons. The third-order valence-electron chi connectivity index (χ3n) is 3.19. The van der Waals surface area contributed by atoms with Gasteiger partial charge in [-0.15, -0.1) is 0 Å². The largest absolute Gasteiger partial charge is 0.395 e. The van der Waals surface area contributed by atoms with E-state index in [0.29, 0.717) is 13.0 Å². The van der Waals surface area contributed by atoms with Crippen molar-refractivity contribution in [1.29, 1.82) is 0 Å². The Balaban J connectivity index is 2.20. The molecule has 0 amide bonds. The predicted octanol–water partition coefficient (Wildman–Crippen LogP) is 1.11. The van der Waals surface area contributed by atoms with Gasteiger partial charge < -0.3 is 5.11 Å². The first-order valence-electron chi connectivity index (χ1n) is 5.88. The number of sulfonamides is 1. The van der Waals surface area contributed by atoms with Gasteiger partial charge >= 0.3 is 0 Å². The summed E-state index contributed by atoms with van der Waals surface area (Å²) in [4.78, 5) is 0. The van der Waals surface area contributed by atoms with Crippen molar-refractivity contribution in [3.63, 3.8) is 0 Å². The van der Waals surface area contributed by atoms with Gasteiger partial charge in [-0.3, -0.25) is 0 Å². The maximum atomic E-state index is 13.5. The van der Waals surface area contributed by atoms with Crippen LogP contribution in [0.15, 0.2) is 24.3 Å². The molecule has 1 fully saturated rings. The summed E-state index contributed by atoms with van der Waals surface area (Å²) in [7, 11) is -3.56. The molecule has 1 aliphatic heterocycles. The molecule has 1 N–H and O–H groups in total. The summed E-state index contributed by atoms with van der Waals surface area (Å²) < 4.78 is 39.1. The molecule has 1 atom stereocenters. The fourth-order valence-electron chi connectivity index (χ4n) is 2.25. The Morgan fingerprint density at radius 3 is 2.78 bits per heavy atom. The molecule has 1 aromatic rings. The average molecular weight is 273 g/mol. The van der Waals surface area contributed by atoms with Crippen molar-refractivity contribution in [2.75, 3.05) is 13.2 Å². The maximum Gasteiger partial charge on any atom is 0.218 e. The second kappa shape index (κ2) is 5.34. The molecule has 2 rings (SSSR count). The zero-order valence-corrected chi connectivity index (χ0v) is 10.7. The van der Waals surface area contributed by atoms with E-state index in [1.54, 1.807) is 6.07 Å². The molecule has 0 aromatic heterocycles. The van der Waals surface area contributed by atoms with Gasteiger partial charge in [0.05, 0.1) is 12.4 Å². The van der Waals surface area contributed by atoms with Crippen LogP contribution in [-0.2, 0) is 15.8 Å². The van der Waals surface area contributed by atoms with Crippen LogP contribution in [0.25, 0.3) is 0 Å². The quantitative estimate of drug-likeness (QED) is 0.894. The van der Waals surface area contributed by atoms with Crippen molar-refractivity contribution < 1.29 is 17.9 Å². The number of hydrogen-bond donors (Lipinski definition) is 1. The molecule has 4 nitrogen and oxygen atoms in total. The third-order valence-corrected chi connectivity index (χ3v) is 5.06. The Hall–Kier alpha value is -0.980. The smallest absolute Gasteiger partial charge is 0.218 e. The summed E-state index contributed by atoms with van der Waals surface area (Å²) in [6, 6.07) is 5.50. The molecule has 1 heterocycles. The zero-order valence-electron chi connectivity index (χ0n) is 9.92. The monoisotopic (exact) mass is 273 g/mol. The fraction of sp³-hybridized carbons (Fsp3) is 0.500.